The van der Waals surface area contributed by atoms with Gasteiger partial charge in [0.25, 0.3) is 0 Å². The van der Waals surface area contributed by atoms with Gasteiger partial charge < -0.3 is 14.2 Å². The summed E-state index contributed by atoms with van der Waals surface area (Å²) < 4.78 is 40.0. The number of esters is 2. The molecule has 0 spiro atoms. The van der Waals surface area contributed by atoms with Crippen molar-refractivity contribution in [3.8, 4) is 0 Å². The Kier molecular flexibility index (Phi) is 4.77. The van der Waals surface area contributed by atoms with Crippen LogP contribution in [0, 0.1) is 0 Å². The zero-order valence-corrected chi connectivity index (χ0v) is 12.2. The number of hydrogen-bond donors (Lipinski definition) is 1. The lowest BCUT2D eigenvalue weighted by Crippen LogP contribution is -2.48. The summed E-state index contributed by atoms with van der Waals surface area (Å²) >= 11 is -2.49. The van der Waals surface area contributed by atoms with Crippen molar-refractivity contribution in [3.05, 3.63) is 12.7 Å². The second kappa shape index (κ2) is 6.22. The van der Waals surface area contributed by atoms with Crippen molar-refractivity contribution in [1.29, 1.82) is 0 Å². The molecule has 9 heteroatoms. The van der Waals surface area contributed by atoms with Gasteiger partial charge in [0.1, 0.15) is 11.7 Å². The van der Waals surface area contributed by atoms with E-state index < -0.39 is 53.8 Å². The summed E-state index contributed by atoms with van der Waals surface area (Å²) in [6.45, 7) is 4.37. The van der Waals surface area contributed by atoms with Crippen LogP contribution >= 0.6 is 0 Å². The first kappa shape index (κ1) is 16.1. The Labute approximate surface area is 123 Å². The molecule has 2 bridgehead atoms. The molecule has 118 valence electrons. The molecule has 8 nitrogen and oxygen atoms in total. The minimum absolute atomic E-state index is 0.403. The number of carbonyl (C=O) groups is 2. The number of carbonyl (C=O) groups excluding carboxylic acids is 2. The SMILES string of the molecule is C=CC(=O)OCC(=O)OC1C(OS(=O)O)C2CCC1(C)O2. The first-order valence-corrected chi connectivity index (χ1v) is 7.33. The van der Waals surface area contributed by atoms with Crippen molar-refractivity contribution in [2.75, 3.05) is 6.61 Å². The molecule has 0 aromatic rings. The van der Waals surface area contributed by atoms with E-state index in [9.17, 15) is 13.8 Å². The molecule has 5 unspecified atom stereocenters. The second-order valence-electron chi connectivity index (χ2n) is 5.01. The smallest absolute Gasteiger partial charge is 0.344 e. The maximum atomic E-state index is 11.7. The first-order valence-electron chi connectivity index (χ1n) is 6.30. The highest BCUT2D eigenvalue weighted by Crippen LogP contribution is 2.46. The number of ether oxygens (including phenoxy) is 3. The third kappa shape index (κ3) is 3.49. The Morgan fingerprint density at radius 1 is 1.57 bits per heavy atom. The molecule has 0 saturated carbocycles. The minimum atomic E-state index is -2.49. The van der Waals surface area contributed by atoms with E-state index in [1.165, 1.54) is 0 Å². The molecule has 0 aromatic carbocycles. The average Bonchev–Trinajstić information content (AvgIpc) is 2.92. The zero-order chi connectivity index (χ0) is 15.6. The summed E-state index contributed by atoms with van der Waals surface area (Å²) in [7, 11) is 0. The van der Waals surface area contributed by atoms with Crippen molar-refractivity contribution >= 4 is 23.3 Å². The van der Waals surface area contributed by atoms with Gasteiger partial charge in [-0.25, -0.2) is 9.59 Å². The van der Waals surface area contributed by atoms with E-state index in [4.69, 9.17) is 18.2 Å². The highest BCUT2D eigenvalue weighted by molar-refractivity contribution is 7.74. The van der Waals surface area contributed by atoms with Gasteiger partial charge in [0, 0.05) is 6.08 Å². The van der Waals surface area contributed by atoms with Gasteiger partial charge >= 0.3 is 23.3 Å². The maximum absolute atomic E-state index is 11.7. The fraction of sp³-hybridized carbons (Fsp3) is 0.667. The molecule has 0 aromatic heterocycles. The molecule has 0 amide bonds. The molecule has 2 heterocycles. The summed E-state index contributed by atoms with van der Waals surface area (Å²) in [5.41, 5.74) is -0.771. The van der Waals surface area contributed by atoms with Crippen LogP contribution in [0.4, 0.5) is 0 Å². The van der Waals surface area contributed by atoms with Gasteiger partial charge in [0.15, 0.2) is 12.7 Å². The first-order chi connectivity index (χ1) is 9.85. The van der Waals surface area contributed by atoms with Gasteiger partial charge in [-0.1, -0.05) is 6.58 Å². The second-order valence-corrected chi connectivity index (χ2v) is 5.63. The largest absolute Gasteiger partial charge is 0.454 e. The van der Waals surface area contributed by atoms with E-state index in [0.29, 0.717) is 12.8 Å². The molecule has 2 rings (SSSR count). The molecule has 2 saturated heterocycles. The van der Waals surface area contributed by atoms with Crippen LogP contribution in [0.25, 0.3) is 0 Å². The highest BCUT2D eigenvalue weighted by atomic mass is 32.2. The van der Waals surface area contributed by atoms with Crippen LogP contribution in [0.3, 0.4) is 0 Å². The van der Waals surface area contributed by atoms with Crippen LogP contribution in [0.15, 0.2) is 12.7 Å². The van der Waals surface area contributed by atoms with Crippen molar-refractivity contribution in [1.82, 2.24) is 0 Å². The van der Waals surface area contributed by atoms with Gasteiger partial charge in [-0.3, -0.25) is 8.74 Å². The predicted octanol–water partition coefficient (Wildman–Crippen LogP) is 0.101. The quantitative estimate of drug-likeness (QED) is 0.417. The van der Waals surface area contributed by atoms with Crippen LogP contribution in [-0.4, -0.2) is 51.2 Å². The summed E-state index contributed by atoms with van der Waals surface area (Å²) in [5.74, 6) is -1.53. The topological polar surface area (TPSA) is 108 Å². The van der Waals surface area contributed by atoms with E-state index in [0.717, 1.165) is 6.08 Å². The molecule has 2 fully saturated rings. The summed E-state index contributed by atoms with van der Waals surface area (Å²) in [6.07, 6.45) is 0.156. The number of hydrogen-bond acceptors (Lipinski definition) is 7. The maximum Gasteiger partial charge on any atom is 0.344 e. The highest BCUT2D eigenvalue weighted by Gasteiger charge is 2.60. The normalized spacial score (nSPS) is 35.2. The Balaban J connectivity index is 1.98. The predicted molar refractivity (Wildman–Crippen MR) is 69.2 cm³/mol. The number of rotatable bonds is 6. The Morgan fingerprint density at radius 3 is 2.90 bits per heavy atom. The van der Waals surface area contributed by atoms with Crippen LogP contribution in [-0.2, 0) is 39.3 Å². The summed E-state index contributed by atoms with van der Waals surface area (Å²) in [6, 6.07) is 0. The van der Waals surface area contributed by atoms with Crippen LogP contribution in [0.5, 0.6) is 0 Å². The van der Waals surface area contributed by atoms with Crippen molar-refractivity contribution in [3.63, 3.8) is 0 Å². The van der Waals surface area contributed by atoms with E-state index in [1.807, 2.05) is 0 Å². The monoisotopic (exact) mass is 320 g/mol. The Hall–Kier alpha value is -1.29. The lowest BCUT2D eigenvalue weighted by Gasteiger charge is -2.31. The van der Waals surface area contributed by atoms with E-state index in [-0.39, 0.29) is 0 Å². The van der Waals surface area contributed by atoms with Crippen LogP contribution in [0.2, 0.25) is 0 Å². The Morgan fingerprint density at radius 2 is 2.29 bits per heavy atom. The third-order valence-electron chi connectivity index (χ3n) is 3.56. The zero-order valence-electron chi connectivity index (χ0n) is 11.4. The Bertz CT molecular complexity index is 478. The summed E-state index contributed by atoms with van der Waals surface area (Å²) in [4.78, 5) is 22.6. The molecule has 0 aliphatic carbocycles. The lowest BCUT2D eigenvalue weighted by molar-refractivity contribution is -0.169. The van der Waals surface area contributed by atoms with Gasteiger partial charge in [-0.15, -0.1) is 0 Å². The van der Waals surface area contributed by atoms with E-state index in [1.54, 1.807) is 6.92 Å². The third-order valence-corrected chi connectivity index (χ3v) is 3.95. The molecule has 1 N–H and O–H groups in total. The van der Waals surface area contributed by atoms with Gasteiger partial charge in [0.2, 0.25) is 0 Å². The molecule has 2 aliphatic rings. The van der Waals surface area contributed by atoms with Gasteiger partial charge in [-0.2, -0.15) is 4.21 Å². The van der Waals surface area contributed by atoms with Crippen LogP contribution < -0.4 is 0 Å². The lowest BCUT2D eigenvalue weighted by atomic mass is 9.85. The fourth-order valence-corrected chi connectivity index (χ4v) is 3.05. The fourth-order valence-electron chi connectivity index (χ4n) is 2.64. The molecular weight excluding hydrogens is 304 g/mol. The van der Waals surface area contributed by atoms with E-state index >= 15 is 0 Å². The van der Waals surface area contributed by atoms with Gasteiger partial charge in [0.05, 0.1) is 6.10 Å². The van der Waals surface area contributed by atoms with Crippen molar-refractivity contribution < 1.29 is 36.7 Å². The van der Waals surface area contributed by atoms with Crippen molar-refractivity contribution in [2.24, 2.45) is 0 Å². The minimum Gasteiger partial charge on any atom is -0.454 e. The molecular formula is C12H16O8S. The standard InChI is InChI=1S/C12H16O8S/c1-3-8(13)17-6-9(14)18-11-10(20-21(15)16)7-4-5-12(11,2)19-7/h3,7,10-11H,1,4-6H2,2H3,(H,15,16). The molecule has 5 atom stereocenters. The van der Waals surface area contributed by atoms with Gasteiger partial charge in [-0.05, 0) is 19.8 Å². The van der Waals surface area contributed by atoms with E-state index in [2.05, 4.69) is 11.3 Å². The average molecular weight is 320 g/mol. The molecule has 2 aliphatic heterocycles. The number of fused-ring (bicyclic) bond motifs is 2. The summed E-state index contributed by atoms with van der Waals surface area (Å²) in [5, 5.41) is 0. The van der Waals surface area contributed by atoms with Crippen molar-refractivity contribution in [2.45, 2.75) is 43.7 Å². The van der Waals surface area contributed by atoms with Crippen LogP contribution in [0.1, 0.15) is 19.8 Å². The molecule has 0 radical (unpaired) electrons. The molecule has 21 heavy (non-hydrogen) atoms.